The first-order valence-corrected chi connectivity index (χ1v) is 6.83. The van der Waals surface area contributed by atoms with Crippen LogP contribution in [0.3, 0.4) is 0 Å². The molecule has 0 spiro atoms. The Morgan fingerprint density at radius 1 is 1.09 bits per heavy atom. The van der Waals surface area contributed by atoms with Crippen LogP contribution in [0.5, 0.6) is 5.75 Å². The molecule has 0 aliphatic carbocycles. The second kappa shape index (κ2) is 5.63. The second-order valence-corrected chi connectivity index (χ2v) is 5.85. The molecular formula is C17H17F3O2. The van der Waals surface area contributed by atoms with Gasteiger partial charge in [0, 0.05) is 22.8 Å². The average molecular weight is 310 g/mol. The number of Topliss-reactive ketones (excluding diaryl/α,β-unsaturated/α-hetero) is 1. The second-order valence-electron chi connectivity index (χ2n) is 5.85. The molecule has 22 heavy (non-hydrogen) atoms. The van der Waals surface area contributed by atoms with Gasteiger partial charge >= 0.3 is 6.18 Å². The standard InChI is InChI=1S/C17H17F3O2/c1-16(2,10-14(21)17(18,19)20)13-9-8-11-6-4-5-7-12(11)15(13)22-3/h4-9H,10H2,1-3H3. The third kappa shape index (κ3) is 3.08. The first-order chi connectivity index (χ1) is 10.2. The fraction of sp³-hybridized carbons (Fsp3) is 0.353. The van der Waals surface area contributed by atoms with E-state index < -0.39 is 23.8 Å². The van der Waals surface area contributed by atoms with Gasteiger partial charge in [0.25, 0.3) is 0 Å². The van der Waals surface area contributed by atoms with E-state index in [1.165, 1.54) is 7.11 Å². The maximum Gasteiger partial charge on any atom is 0.450 e. The van der Waals surface area contributed by atoms with Gasteiger partial charge in [-0.05, 0) is 5.39 Å². The van der Waals surface area contributed by atoms with E-state index in [0.29, 0.717) is 11.3 Å². The Morgan fingerprint density at radius 3 is 2.32 bits per heavy atom. The Labute approximate surface area is 126 Å². The topological polar surface area (TPSA) is 26.3 Å². The Balaban J connectivity index is 2.51. The van der Waals surface area contributed by atoms with Crippen molar-refractivity contribution in [2.45, 2.75) is 31.9 Å². The van der Waals surface area contributed by atoms with Crippen LogP contribution in [0.2, 0.25) is 0 Å². The zero-order valence-corrected chi connectivity index (χ0v) is 12.6. The van der Waals surface area contributed by atoms with Gasteiger partial charge in [-0.3, -0.25) is 4.79 Å². The fourth-order valence-electron chi connectivity index (χ4n) is 2.59. The zero-order chi connectivity index (χ0) is 16.5. The Hall–Kier alpha value is -2.04. The molecule has 0 aromatic heterocycles. The minimum Gasteiger partial charge on any atom is -0.496 e. The molecule has 0 saturated carbocycles. The first kappa shape index (κ1) is 16.3. The summed E-state index contributed by atoms with van der Waals surface area (Å²) in [7, 11) is 1.48. The van der Waals surface area contributed by atoms with Gasteiger partial charge in [-0.2, -0.15) is 13.2 Å². The largest absolute Gasteiger partial charge is 0.496 e. The molecule has 0 bridgehead atoms. The predicted octanol–water partition coefficient (Wildman–Crippen LogP) is 4.65. The minimum absolute atomic E-state index is 0.512. The number of rotatable bonds is 4. The molecule has 118 valence electrons. The molecule has 2 nitrogen and oxygen atoms in total. The number of benzene rings is 2. The predicted molar refractivity (Wildman–Crippen MR) is 79.2 cm³/mol. The van der Waals surface area contributed by atoms with Crippen molar-refractivity contribution >= 4 is 16.6 Å². The molecule has 0 fully saturated rings. The Morgan fingerprint density at radius 2 is 1.73 bits per heavy atom. The van der Waals surface area contributed by atoms with Crippen molar-refractivity contribution in [1.82, 2.24) is 0 Å². The molecule has 0 amide bonds. The van der Waals surface area contributed by atoms with Crippen LogP contribution >= 0.6 is 0 Å². The minimum atomic E-state index is -4.82. The van der Waals surface area contributed by atoms with E-state index in [4.69, 9.17) is 4.74 Å². The van der Waals surface area contributed by atoms with Crippen molar-refractivity contribution < 1.29 is 22.7 Å². The average Bonchev–Trinajstić information content (AvgIpc) is 2.44. The Bertz CT molecular complexity index is 703. The van der Waals surface area contributed by atoms with E-state index >= 15 is 0 Å². The summed E-state index contributed by atoms with van der Waals surface area (Å²) >= 11 is 0. The highest BCUT2D eigenvalue weighted by Gasteiger charge is 2.42. The van der Waals surface area contributed by atoms with E-state index in [2.05, 4.69) is 0 Å². The number of methoxy groups -OCH3 is 1. The van der Waals surface area contributed by atoms with E-state index in [9.17, 15) is 18.0 Å². The number of ether oxygens (including phenoxy) is 1. The summed E-state index contributed by atoms with van der Waals surface area (Å²) in [5.41, 5.74) is -0.395. The van der Waals surface area contributed by atoms with E-state index in [0.717, 1.165) is 10.8 Å². The maximum absolute atomic E-state index is 12.5. The lowest BCUT2D eigenvalue weighted by Crippen LogP contribution is -2.31. The highest BCUT2D eigenvalue weighted by atomic mass is 19.4. The van der Waals surface area contributed by atoms with Crippen molar-refractivity contribution in [3.63, 3.8) is 0 Å². The summed E-state index contributed by atoms with van der Waals surface area (Å²) < 4.78 is 43.1. The number of carbonyl (C=O) groups is 1. The summed E-state index contributed by atoms with van der Waals surface area (Å²) in [5, 5.41) is 1.75. The zero-order valence-electron chi connectivity index (χ0n) is 12.6. The molecule has 0 N–H and O–H groups in total. The summed E-state index contributed by atoms with van der Waals surface area (Å²) in [4.78, 5) is 11.4. The van der Waals surface area contributed by atoms with Gasteiger partial charge in [0.15, 0.2) is 0 Å². The van der Waals surface area contributed by atoms with Crippen LogP contribution in [-0.4, -0.2) is 19.1 Å². The highest BCUT2D eigenvalue weighted by Crippen LogP contribution is 2.40. The number of alkyl halides is 3. The molecular weight excluding hydrogens is 293 g/mol. The van der Waals surface area contributed by atoms with Gasteiger partial charge in [-0.25, -0.2) is 0 Å². The molecule has 2 aromatic rings. The van der Waals surface area contributed by atoms with E-state index in [-0.39, 0.29) is 0 Å². The SMILES string of the molecule is COc1c(C(C)(C)CC(=O)C(F)(F)F)ccc2ccccc12. The molecule has 0 radical (unpaired) electrons. The lowest BCUT2D eigenvalue weighted by atomic mass is 9.78. The van der Waals surface area contributed by atoms with Crippen LogP contribution in [0.25, 0.3) is 10.8 Å². The quantitative estimate of drug-likeness (QED) is 0.822. The van der Waals surface area contributed by atoms with Crippen molar-refractivity contribution in [3.05, 3.63) is 42.0 Å². The van der Waals surface area contributed by atoms with Crippen LogP contribution in [0, 0.1) is 0 Å². The van der Waals surface area contributed by atoms with Crippen molar-refractivity contribution in [2.75, 3.05) is 7.11 Å². The summed E-state index contributed by atoms with van der Waals surface area (Å²) in [6.45, 7) is 3.23. The molecule has 5 heteroatoms. The molecule has 0 saturated heterocycles. The molecule has 0 unspecified atom stereocenters. The third-order valence-electron chi connectivity index (χ3n) is 3.73. The van der Waals surface area contributed by atoms with Gasteiger partial charge in [0.2, 0.25) is 5.78 Å². The van der Waals surface area contributed by atoms with Gasteiger partial charge in [0.05, 0.1) is 7.11 Å². The van der Waals surface area contributed by atoms with E-state index in [1.807, 2.05) is 30.3 Å². The molecule has 0 aliphatic heterocycles. The van der Waals surface area contributed by atoms with Crippen LogP contribution in [0.15, 0.2) is 36.4 Å². The fourth-order valence-corrected chi connectivity index (χ4v) is 2.59. The number of ketones is 1. The molecule has 2 rings (SSSR count). The number of fused-ring (bicyclic) bond motifs is 1. The Kier molecular flexibility index (Phi) is 4.18. The normalized spacial score (nSPS) is 12.5. The van der Waals surface area contributed by atoms with Crippen molar-refractivity contribution in [2.24, 2.45) is 0 Å². The molecule has 2 aromatic carbocycles. The lowest BCUT2D eigenvalue weighted by molar-refractivity contribution is -0.172. The number of hydrogen-bond donors (Lipinski definition) is 0. The van der Waals surface area contributed by atoms with Crippen LogP contribution in [0.1, 0.15) is 25.8 Å². The number of halogens is 3. The maximum atomic E-state index is 12.5. The van der Waals surface area contributed by atoms with Crippen molar-refractivity contribution in [1.29, 1.82) is 0 Å². The van der Waals surface area contributed by atoms with Gasteiger partial charge < -0.3 is 4.74 Å². The molecule has 0 heterocycles. The number of hydrogen-bond acceptors (Lipinski definition) is 2. The molecule has 0 aliphatic rings. The monoisotopic (exact) mass is 310 g/mol. The highest BCUT2D eigenvalue weighted by molar-refractivity contribution is 5.91. The first-order valence-electron chi connectivity index (χ1n) is 6.83. The van der Waals surface area contributed by atoms with Crippen LogP contribution in [-0.2, 0) is 10.2 Å². The van der Waals surface area contributed by atoms with Crippen LogP contribution in [0.4, 0.5) is 13.2 Å². The smallest absolute Gasteiger partial charge is 0.450 e. The van der Waals surface area contributed by atoms with Gasteiger partial charge in [-0.1, -0.05) is 50.2 Å². The van der Waals surface area contributed by atoms with Gasteiger partial charge in [-0.15, -0.1) is 0 Å². The van der Waals surface area contributed by atoms with Crippen molar-refractivity contribution in [3.8, 4) is 5.75 Å². The summed E-state index contributed by atoms with van der Waals surface area (Å²) in [6.07, 6.45) is -5.44. The van der Waals surface area contributed by atoms with E-state index in [1.54, 1.807) is 19.9 Å². The summed E-state index contributed by atoms with van der Waals surface area (Å²) in [5.74, 6) is -1.22. The third-order valence-corrected chi connectivity index (χ3v) is 3.73. The van der Waals surface area contributed by atoms with Crippen LogP contribution < -0.4 is 4.74 Å². The molecule has 0 atom stereocenters. The van der Waals surface area contributed by atoms with Gasteiger partial charge in [0.1, 0.15) is 5.75 Å². The summed E-state index contributed by atoms with van der Waals surface area (Å²) in [6, 6.07) is 11.0. The lowest BCUT2D eigenvalue weighted by Gasteiger charge is -2.27. The number of carbonyl (C=O) groups excluding carboxylic acids is 1.